The van der Waals surface area contributed by atoms with Crippen molar-refractivity contribution < 1.29 is 9.90 Å². The molecule has 0 spiro atoms. The molecule has 0 aromatic carbocycles. The molecule has 0 heterocycles. The van der Waals surface area contributed by atoms with Gasteiger partial charge < -0.3 is 5.11 Å². The zero-order valence-electron chi connectivity index (χ0n) is 7.45. The van der Waals surface area contributed by atoms with Gasteiger partial charge in [0.05, 0.1) is 0 Å². The summed E-state index contributed by atoms with van der Waals surface area (Å²) < 4.78 is 0. The van der Waals surface area contributed by atoms with E-state index >= 15 is 0 Å². The second-order valence-electron chi connectivity index (χ2n) is 2.53. The van der Waals surface area contributed by atoms with Crippen LogP contribution in [-0.4, -0.2) is 16.8 Å². The first-order chi connectivity index (χ1) is 5.77. The van der Waals surface area contributed by atoms with E-state index in [1.54, 1.807) is 11.8 Å². The van der Waals surface area contributed by atoms with Gasteiger partial charge in [0.1, 0.15) is 0 Å². The normalized spacial score (nSPS) is 10.8. The first kappa shape index (κ1) is 11.6. The molecule has 0 aromatic rings. The number of hydrogen-bond donors (Lipinski definition) is 1. The molecule has 1 N–H and O–H groups in total. The van der Waals surface area contributed by atoms with Crippen molar-refractivity contribution in [3.63, 3.8) is 0 Å². The summed E-state index contributed by atoms with van der Waals surface area (Å²) in [6.07, 6.45) is 5.47. The predicted octanol–water partition coefficient (Wildman–Crippen LogP) is 2.90. The second-order valence-corrected chi connectivity index (χ2v) is 3.54. The molecule has 0 aliphatic rings. The van der Waals surface area contributed by atoms with Crippen LogP contribution in [0.5, 0.6) is 0 Å². The third-order valence-corrected chi connectivity index (χ3v) is 2.21. The van der Waals surface area contributed by atoms with Crippen molar-refractivity contribution in [3.05, 3.63) is 11.5 Å². The standard InChI is InChI=1S/C9H16O2S/c1-2-3-4-7-12-8-5-6-9(10)11/h4,7H,2-3,5-6,8H2,1H3,(H,10,11). The van der Waals surface area contributed by atoms with Crippen LogP contribution in [0.15, 0.2) is 11.5 Å². The molecule has 70 valence electrons. The summed E-state index contributed by atoms with van der Waals surface area (Å²) in [5, 5.41) is 10.4. The van der Waals surface area contributed by atoms with Crippen molar-refractivity contribution in [1.82, 2.24) is 0 Å². The molecule has 0 aliphatic heterocycles. The van der Waals surface area contributed by atoms with Crippen LogP contribution in [0.3, 0.4) is 0 Å². The van der Waals surface area contributed by atoms with Crippen LogP contribution in [0.1, 0.15) is 32.6 Å². The average molecular weight is 188 g/mol. The monoisotopic (exact) mass is 188 g/mol. The lowest BCUT2D eigenvalue weighted by Crippen LogP contribution is -1.94. The summed E-state index contributed by atoms with van der Waals surface area (Å²) in [5.41, 5.74) is 0. The minimum absolute atomic E-state index is 0.286. The number of allylic oxidation sites excluding steroid dienone is 1. The fraction of sp³-hybridized carbons (Fsp3) is 0.667. The Balaban J connectivity index is 3.05. The van der Waals surface area contributed by atoms with Crippen molar-refractivity contribution in [2.45, 2.75) is 32.6 Å². The predicted molar refractivity (Wildman–Crippen MR) is 53.4 cm³/mol. The van der Waals surface area contributed by atoms with Crippen LogP contribution in [0, 0.1) is 0 Å². The van der Waals surface area contributed by atoms with Crippen molar-refractivity contribution >= 4 is 17.7 Å². The maximum atomic E-state index is 10.1. The molecule has 0 atom stereocenters. The van der Waals surface area contributed by atoms with Crippen LogP contribution in [-0.2, 0) is 4.79 Å². The minimum Gasteiger partial charge on any atom is -0.481 e. The number of aliphatic carboxylic acids is 1. The highest BCUT2D eigenvalue weighted by atomic mass is 32.2. The summed E-state index contributed by atoms with van der Waals surface area (Å²) in [7, 11) is 0. The van der Waals surface area contributed by atoms with E-state index in [2.05, 4.69) is 18.4 Å². The Labute approximate surface area is 78.0 Å². The Bertz CT molecular complexity index is 143. The maximum absolute atomic E-state index is 10.1. The van der Waals surface area contributed by atoms with Crippen LogP contribution >= 0.6 is 11.8 Å². The smallest absolute Gasteiger partial charge is 0.303 e. The third-order valence-electron chi connectivity index (χ3n) is 1.30. The molecule has 2 nitrogen and oxygen atoms in total. The lowest BCUT2D eigenvalue weighted by Gasteiger charge is -1.92. The molecular formula is C9H16O2S. The Hall–Kier alpha value is -0.440. The average Bonchev–Trinajstić information content (AvgIpc) is 2.02. The van der Waals surface area contributed by atoms with Crippen LogP contribution in [0.4, 0.5) is 0 Å². The van der Waals surface area contributed by atoms with Gasteiger partial charge in [0.2, 0.25) is 0 Å². The zero-order chi connectivity index (χ0) is 9.23. The SMILES string of the molecule is CCCC=CSCCCC(=O)O. The molecule has 0 amide bonds. The highest BCUT2D eigenvalue weighted by Crippen LogP contribution is 2.07. The van der Waals surface area contributed by atoms with Gasteiger partial charge in [-0.05, 0) is 24.0 Å². The summed E-state index contributed by atoms with van der Waals surface area (Å²) in [6, 6.07) is 0. The summed E-state index contributed by atoms with van der Waals surface area (Å²) in [5.74, 6) is 0.208. The lowest BCUT2D eigenvalue weighted by molar-refractivity contribution is -0.137. The summed E-state index contributed by atoms with van der Waals surface area (Å²) in [4.78, 5) is 10.1. The maximum Gasteiger partial charge on any atom is 0.303 e. The molecule has 0 aliphatic carbocycles. The molecule has 0 saturated heterocycles. The van der Waals surface area contributed by atoms with E-state index in [1.807, 2.05) is 0 Å². The Morgan fingerprint density at radius 3 is 2.92 bits per heavy atom. The van der Waals surface area contributed by atoms with Crippen molar-refractivity contribution in [2.75, 3.05) is 5.75 Å². The molecule has 0 aromatic heterocycles. The van der Waals surface area contributed by atoms with Crippen molar-refractivity contribution in [1.29, 1.82) is 0 Å². The van der Waals surface area contributed by atoms with E-state index in [0.717, 1.165) is 18.6 Å². The van der Waals surface area contributed by atoms with Gasteiger partial charge in [0.15, 0.2) is 0 Å². The number of thioether (sulfide) groups is 1. The fourth-order valence-electron chi connectivity index (χ4n) is 0.678. The van der Waals surface area contributed by atoms with E-state index in [9.17, 15) is 4.79 Å². The lowest BCUT2D eigenvalue weighted by atomic mass is 10.3. The molecule has 12 heavy (non-hydrogen) atoms. The van der Waals surface area contributed by atoms with E-state index in [0.29, 0.717) is 0 Å². The van der Waals surface area contributed by atoms with Crippen LogP contribution in [0.2, 0.25) is 0 Å². The van der Waals surface area contributed by atoms with Gasteiger partial charge in [0, 0.05) is 6.42 Å². The number of unbranched alkanes of at least 4 members (excludes halogenated alkanes) is 1. The number of carbonyl (C=O) groups is 1. The molecule has 0 radical (unpaired) electrons. The molecule has 0 unspecified atom stereocenters. The topological polar surface area (TPSA) is 37.3 Å². The van der Waals surface area contributed by atoms with Crippen molar-refractivity contribution in [3.8, 4) is 0 Å². The van der Waals surface area contributed by atoms with Gasteiger partial charge in [-0.25, -0.2) is 0 Å². The minimum atomic E-state index is -0.701. The van der Waals surface area contributed by atoms with Crippen LogP contribution in [0.25, 0.3) is 0 Å². The van der Waals surface area contributed by atoms with Gasteiger partial charge in [-0.1, -0.05) is 19.4 Å². The van der Waals surface area contributed by atoms with Gasteiger partial charge >= 0.3 is 5.97 Å². The Kier molecular flexibility index (Phi) is 8.34. The molecule has 0 rings (SSSR count). The van der Waals surface area contributed by atoms with Gasteiger partial charge in [-0.2, -0.15) is 0 Å². The Morgan fingerprint density at radius 2 is 2.33 bits per heavy atom. The first-order valence-corrected chi connectivity index (χ1v) is 5.30. The van der Waals surface area contributed by atoms with E-state index < -0.39 is 5.97 Å². The quantitative estimate of drug-likeness (QED) is 0.624. The van der Waals surface area contributed by atoms with Gasteiger partial charge in [-0.3, -0.25) is 4.79 Å². The molecule has 0 fully saturated rings. The Morgan fingerprint density at radius 1 is 1.58 bits per heavy atom. The summed E-state index contributed by atoms with van der Waals surface area (Å²) in [6.45, 7) is 2.14. The van der Waals surface area contributed by atoms with E-state index in [-0.39, 0.29) is 6.42 Å². The molecular weight excluding hydrogens is 172 g/mol. The fourth-order valence-corrected chi connectivity index (χ4v) is 1.40. The number of hydrogen-bond acceptors (Lipinski definition) is 2. The number of carboxylic acid groups (broad SMARTS) is 1. The van der Waals surface area contributed by atoms with E-state index in [1.165, 1.54) is 6.42 Å². The first-order valence-electron chi connectivity index (χ1n) is 4.25. The summed E-state index contributed by atoms with van der Waals surface area (Å²) >= 11 is 1.69. The van der Waals surface area contributed by atoms with E-state index in [4.69, 9.17) is 5.11 Å². The highest BCUT2D eigenvalue weighted by molar-refractivity contribution is 8.02. The highest BCUT2D eigenvalue weighted by Gasteiger charge is 1.94. The molecule has 3 heteroatoms. The number of rotatable bonds is 7. The molecule has 0 saturated carbocycles. The third kappa shape index (κ3) is 9.56. The second kappa shape index (κ2) is 8.65. The van der Waals surface area contributed by atoms with Crippen LogP contribution < -0.4 is 0 Å². The molecule has 0 bridgehead atoms. The van der Waals surface area contributed by atoms with Gasteiger partial charge in [0.25, 0.3) is 0 Å². The number of carboxylic acids is 1. The largest absolute Gasteiger partial charge is 0.481 e. The van der Waals surface area contributed by atoms with Gasteiger partial charge in [-0.15, -0.1) is 11.8 Å². The van der Waals surface area contributed by atoms with Crippen molar-refractivity contribution in [2.24, 2.45) is 0 Å². The zero-order valence-corrected chi connectivity index (χ0v) is 8.27.